The third kappa shape index (κ3) is 6.83. The summed E-state index contributed by atoms with van der Waals surface area (Å²) in [5.74, 6) is 0.496. The molecule has 5 aromatic rings. The van der Waals surface area contributed by atoms with Gasteiger partial charge < -0.3 is 19.9 Å². The molecule has 2 aromatic carbocycles. The zero-order chi connectivity index (χ0) is 36.0. The van der Waals surface area contributed by atoms with Gasteiger partial charge in [0.2, 0.25) is 17.7 Å². The molecule has 3 aromatic heterocycles. The number of fused-ring (bicyclic) bond motifs is 1. The van der Waals surface area contributed by atoms with E-state index < -0.39 is 5.97 Å². The van der Waals surface area contributed by atoms with Crippen LogP contribution in [0.5, 0.6) is 17.5 Å². The third-order valence-corrected chi connectivity index (χ3v) is 12.1. The minimum atomic E-state index is -0.728. The minimum absolute atomic E-state index is 0.0875. The molecule has 0 unspecified atom stereocenters. The largest absolute Gasteiger partial charge is 0.481 e. The first-order valence-corrected chi connectivity index (χ1v) is 18.9. The molecule has 3 fully saturated rings. The van der Waals surface area contributed by atoms with Gasteiger partial charge in [0.25, 0.3) is 0 Å². The van der Waals surface area contributed by atoms with Gasteiger partial charge >= 0.3 is 5.97 Å². The summed E-state index contributed by atoms with van der Waals surface area (Å²) in [4.78, 5) is 38.4. The van der Waals surface area contributed by atoms with Crippen molar-refractivity contribution in [2.45, 2.75) is 44.3 Å². The predicted octanol–water partition coefficient (Wildman–Crippen LogP) is 7.89. The molecule has 1 atom stereocenters. The van der Waals surface area contributed by atoms with Gasteiger partial charge in [-0.05, 0) is 50.1 Å². The molecule has 0 bridgehead atoms. The smallest absolute Gasteiger partial charge is 0.307 e. The number of nitrogens with zero attached hydrogens (tertiary/aromatic N) is 4. The molecule has 1 amide bonds. The van der Waals surface area contributed by atoms with Gasteiger partial charge in [-0.3, -0.25) is 19.4 Å². The second kappa shape index (κ2) is 14.3. The SMILES string of the molecule is COc1nc(-c2cccc(-c3cccc(Oc4nccc5sc(CN6CCC[C@H](C(=O)O)C6)cc45)c3Cl)c2Cl)ccc1CN1CC2(CCC(=O)N2)C1. The number of amides is 1. The molecule has 2 N–H and O–H groups in total. The molecule has 0 radical (unpaired) electrons. The first-order valence-electron chi connectivity index (χ1n) is 17.3. The first kappa shape index (κ1) is 34.8. The number of hydrogen-bond acceptors (Lipinski definition) is 9. The molecule has 52 heavy (non-hydrogen) atoms. The Balaban J connectivity index is 1.01. The summed E-state index contributed by atoms with van der Waals surface area (Å²) in [5.41, 5.74) is 3.72. The maximum Gasteiger partial charge on any atom is 0.307 e. The van der Waals surface area contributed by atoms with Crippen LogP contribution >= 0.6 is 34.5 Å². The number of carbonyl (C=O) groups excluding carboxylic acids is 1. The van der Waals surface area contributed by atoms with Crippen LogP contribution in [0.25, 0.3) is 32.5 Å². The Kier molecular flexibility index (Phi) is 9.56. The Morgan fingerprint density at radius 3 is 2.58 bits per heavy atom. The number of pyridine rings is 2. The number of thiophene rings is 1. The molecule has 3 aliphatic heterocycles. The number of likely N-dealkylation sites (tertiary alicyclic amines) is 2. The van der Waals surface area contributed by atoms with Crippen molar-refractivity contribution in [3.05, 3.63) is 87.3 Å². The number of carboxylic acid groups (broad SMARTS) is 1. The maximum atomic E-state index is 11.8. The Hall–Kier alpha value is -4.26. The predicted molar refractivity (Wildman–Crippen MR) is 202 cm³/mol. The van der Waals surface area contributed by atoms with Crippen molar-refractivity contribution in [2.75, 3.05) is 33.3 Å². The molecule has 1 spiro atoms. The zero-order valence-electron chi connectivity index (χ0n) is 28.5. The van der Waals surface area contributed by atoms with Crippen molar-refractivity contribution < 1.29 is 24.2 Å². The van der Waals surface area contributed by atoms with Crippen LogP contribution in [0.15, 0.2) is 66.9 Å². The van der Waals surface area contributed by atoms with E-state index in [1.165, 1.54) is 0 Å². The highest BCUT2D eigenvalue weighted by molar-refractivity contribution is 7.19. The van der Waals surface area contributed by atoms with Crippen LogP contribution in [0.4, 0.5) is 0 Å². The lowest BCUT2D eigenvalue weighted by Crippen LogP contribution is -2.66. The summed E-state index contributed by atoms with van der Waals surface area (Å²) in [6.45, 7) is 4.41. The van der Waals surface area contributed by atoms with Crippen molar-refractivity contribution in [2.24, 2.45) is 5.92 Å². The third-order valence-electron chi connectivity index (χ3n) is 10.2. The van der Waals surface area contributed by atoms with Crippen LogP contribution < -0.4 is 14.8 Å². The highest BCUT2D eigenvalue weighted by Gasteiger charge is 2.47. The Morgan fingerprint density at radius 2 is 1.81 bits per heavy atom. The van der Waals surface area contributed by atoms with Gasteiger partial charge in [-0.25, -0.2) is 9.97 Å². The van der Waals surface area contributed by atoms with E-state index in [1.54, 1.807) is 24.6 Å². The molecule has 3 saturated heterocycles. The van der Waals surface area contributed by atoms with Crippen LogP contribution in [0.1, 0.15) is 36.1 Å². The van der Waals surface area contributed by atoms with Crippen molar-refractivity contribution in [1.29, 1.82) is 0 Å². The fourth-order valence-corrected chi connectivity index (χ4v) is 9.38. The second-order valence-electron chi connectivity index (χ2n) is 13.9. The van der Waals surface area contributed by atoms with Gasteiger partial charge in [0.15, 0.2) is 0 Å². The summed E-state index contributed by atoms with van der Waals surface area (Å²) in [5, 5.41) is 14.4. The Bertz CT molecular complexity index is 2190. The van der Waals surface area contributed by atoms with Gasteiger partial charge in [-0.2, -0.15) is 0 Å². The normalized spacial score (nSPS) is 18.8. The minimum Gasteiger partial charge on any atom is -0.481 e. The van der Waals surface area contributed by atoms with E-state index in [0.29, 0.717) is 64.9 Å². The van der Waals surface area contributed by atoms with Gasteiger partial charge in [-0.1, -0.05) is 59.6 Å². The molecule has 3 aliphatic rings. The number of methoxy groups -OCH3 is 1. The molecule has 0 saturated carbocycles. The standard InChI is InChI=1S/C39H37Cl2N5O5S/c1-50-36-23(18-46-21-39(22-46)14-12-33(47)44-39)10-11-30(43-36)28-8-2-6-26(34(28)40)27-7-3-9-31(35(27)41)51-37-29-17-25(52-32(29)13-15-42-37)20-45-16-4-5-24(19-45)38(48)49/h2-3,6-11,13,15,17,24H,4-5,12,14,16,18-22H2,1H3,(H,44,47)(H,48,49)/t24-/m0/s1. The number of aliphatic carboxylic acids is 1. The topological polar surface area (TPSA) is 117 Å². The number of benzene rings is 2. The number of piperidine rings is 1. The fourth-order valence-electron chi connectivity index (χ4n) is 7.70. The molecule has 0 aliphatic carbocycles. The van der Waals surface area contributed by atoms with E-state index in [-0.39, 0.29) is 17.4 Å². The number of hydrogen-bond donors (Lipinski definition) is 2. The van der Waals surface area contributed by atoms with Crippen molar-refractivity contribution >= 4 is 56.5 Å². The van der Waals surface area contributed by atoms with Crippen LogP contribution in [0.2, 0.25) is 10.0 Å². The molecule has 10 nitrogen and oxygen atoms in total. The van der Waals surface area contributed by atoms with Gasteiger partial charge in [-0.15, -0.1) is 11.3 Å². The van der Waals surface area contributed by atoms with Crippen LogP contribution in [0.3, 0.4) is 0 Å². The summed E-state index contributed by atoms with van der Waals surface area (Å²) in [6.07, 6.45) is 4.79. The lowest BCUT2D eigenvalue weighted by molar-refractivity contribution is -0.143. The summed E-state index contributed by atoms with van der Waals surface area (Å²) in [7, 11) is 1.62. The van der Waals surface area contributed by atoms with E-state index in [2.05, 4.69) is 26.2 Å². The quantitative estimate of drug-likeness (QED) is 0.147. The first-order chi connectivity index (χ1) is 25.2. The van der Waals surface area contributed by atoms with Crippen LogP contribution in [0, 0.1) is 5.92 Å². The number of rotatable bonds is 10. The second-order valence-corrected chi connectivity index (χ2v) is 15.8. The Morgan fingerprint density at radius 1 is 1.02 bits per heavy atom. The van der Waals surface area contributed by atoms with Crippen LogP contribution in [-0.2, 0) is 22.7 Å². The molecule has 13 heteroatoms. The Labute approximate surface area is 315 Å². The lowest BCUT2D eigenvalue weighted by atomic mass is 9.88. The van der Waals surface area contributed by atoms with Crippen LogP contribution in [-0.4, -0.2) is 75.6 Å². The van der Waals surface area contributed by atoms with E-state index in [4.69, 9.17) is 37.7 Å². The molecule has 268 valence electrons. The molecule has 8 rings (SSSR count). The van der Waals surface area contributed by atoms with Gasteiger partial charge in [0.05, 0.1) is 39.7 Å². The highest BCUT2D eigenvalue weighted by atomic mass is 35.5. The molecular formula is C39H37Cl2N5O5S. The zero-order valence-corrected chi connectivity index (χ0v) is 30.9. The van der Waals surface area contributed by atoms with E-state index in [1.807, 2.05) is 54.6 Å². The number of aromatic nitrogens is 2. The summed E-state index contributed by atoms with van der Waals surface area (Å²) < 4.78 is 13.1. The number of carbonyl (C=O) groups is 2. The van der Waals surface area contributed by atoms with Crippen molar-refractivity contribution in [3.8, 4) is 39.9 Å². The molecule has 6 heterocycles. The van der Waals surface area contributed by atoms with Gasteiger partial charge in [0, 0.05) is 77.2 Å². The van der Waals surface area contributed by atoms with E-state index in [9.17, 15) is 14.7 Å². The monoisotopic (exact) mass is 757 g/mol. The maximum absolute atomic E-state index is 11.8. The number of carboxylic acids is 1. The lowest BCUT2D eigenvalue weighted by Gasteiger charge is -2.48. The summed E-state index contributed by atoms with van der Waals surface area (Å²) in [6, 6.07) is 19.4. The van der Waals surface area contributed by atoms with Crippen molar-refractivity contribution in [1.82, 2.24) is 25.1 Å². The average molecular weight is 759 g/mol. The van der Waals surface area contributed by atoms with E-state index in [0.717, 1.165) is 70.6 Å². The van der Waals surface area contributed by atoms with Gasteiger partial charge in [0.1, 0.15) is 5.75 Å². The van der Waals surface area contributed by atoms with E-state index >= 15 is 0 Å². The fraction of sp³-hybridized carbons (Fsp3) is 0.333. The molecular weight excluding hydrogens is 721 g/mol. The van der Waals surface area contributed by atoms with Crippen molar-refractivity contribution in [3.63, 3.8) is 0 Å². The number of nitrogens with one attached hydrogen (secondary N) is 1. The average Bonchev–Trinajstić information content (AvgIpc) is 3.73. The number of halogens is 2. The highest BCUT2D eigenvalue weighted by Crippen LogP contribution is 2.44. The summed E-state index contributed by atoms with van der Waals surface area (Å²) >= 11 is 15.8. The number of ether oxygens (including phenoxy) is 2.